The van der Waals surface area contributed by atoms with E-state index in [1.54, 1.807) is 0 Å². The molecule has 0 unspecified atom stereocenters. The molecular weight excluding hydrogens is 226 g/mol. The lowest BCUT2D eigenvalue weighted by Gasteiger charge is -2.04. The molecule has 96 valence electrons. The zero-order valence-corrected chi connectivity index (χ0v) is 11.3. The molecule has 0 aliphatic rings. The number of carbonyl (C=O) groups excluding carboxylic acids is 1. The van der Waals surface area contributed by atoms with E-state index < -0.39 is 0 Å². The van der Waals surface area contributed by atoms with Gasteiger partial charge in [0.1, 0.15) is 5.69 Å². The molecule has 0 atom stereocenters. The van der Waals surface area contributed by atoms with Crippen molar-refractivity contribution in [3.8, 4) is 0 Å². The summed E-state index contributed by atoms with van der Waals surface area (Å²) in [6.45, 7) is 8.48. The van der Waals surface area contributed by atoms with Gasteiger partial charge in [0.05, 0.1) is 6.61 Å². The van der Waals surface area contributed by atoms with Gasteiger partial charge in [0.15, 0.2) is 0 Å². The van der Waals surface area contributed by atoms with Crippen molar-refractivity contribution in [1.82, 2.24) is 4.98 Å². The van der Waals surface area contributed by atoms with Gasteiger partial charge in [-0.2, -0.15) is 0 Å². The Hall–Kier alpha value is -1.77. The van der Waals surface area contributed by atoms with Gasteiger partial charge in [-0.15, -0.1) is 0 Å². The second-order valence-corrected chi connectivity index (χ2v) is 4.81. The van der Waals surface area contributed by atoms with E-state index in [1.165, 1.54) is 5.56 Å². The summed E-state index contributed by atoms with van der Waals surface area (Å²) < 4.78 is 5.05. The van der Waals surface area contributed by atoms with Gasteiger partial charge < -0.3 is 9.72 Å². The Kier molecular flexibility index (Phi) is 3.41. The third-order valence-corrected chi connectivity index (χ3v) is 3.23. The van der Waals surface area contributed by atoms with Crippen LogP contribution in [0.25, 0.3) is 10.9 Å². The molecule has 1 heterocycles. The highest BCUT2D eigenvalue weighted by molar-refractivity contribution is 5.98. The number of nitrogens with one attached hydrogen (secondary N) is 1. The lowest BCUT2D eigenvalue weighted by Crippen LogP contribution is -2.06. The van der Waals surface area contributed by atoms with Crippen LogP contribution in [0.15, 0.2) is 18.2 Å². The lowest BCUT2D eigenvalue weighted by atomic mass is 10.0. The second kappa shape index (κ2) is 4.84. The Morgan fingerprint density at radius 3 is 2.72 bits per heavy atom. The Morgan fingerprint density at radius 2 is 2.11 bits per heavy atom. The van der Waals surface area contributed by atoms with E-state index in [0.717, 1.165) is 16.5 Å². The van der Waals surface area contributed by atoms with Crippen molar-refractivity contribution in [2.75, 3.05) is 6.61 Å². The molecule has 1 N–H and O–H groups in total. The fourth-order valence-electron chi connectivity index (χ4n) is 2.11. The van der Waals surface area contributed by atoms with Crippen molar-refractivity contribution < 1.29 is 9.53 Å². The van der Waals surface area contributed by atoms with Crippen molar-refractivity contribution in [3.63, 3.8) is 0 Å². The van der Waals surface area contributed by atoms with Crippen molar-refractivity contribution in [1.29, 1.82) is 0 Å². The molecule has 0 saturated carbocycles. The minimum absolute atomic E-state index is 0.280. The normalized spacial score (nSPS) is 11.2. The molecule has 0 saturated heterocycles. The number of benzene rings is 1. The number of ether oxygens (including phenoxy) is 1. The summed E-state index contributed by atoms with van der Waals surface area (Å²) in [5.41, 5.74) is 3.79. The number of hydrogen-bond donors (Lipinski definition) is 1. The third kappa shape index (κ3) is 2.13. The zero-order chi connectivity index (χ0) is 13.3. The summed E-state index contributed by atoms with van der Waals surface area (Å²) in [6, 6.07) is 6.27. The summed E-state index contributed by atoms with van der Waals surface area (Å²) in [5.74, 6) is 0.201. The predicted molar refractivity (Wildman–Crippen MR) is 73.1 cm³/mol. The molecular formula is C15H19NO2. The van der Waals surface area contributed by atoms with Crippen LogP contribution in [0.1, 0.15) is 48.3 Å². The molecule has 0 aliphatic heterocycles. The first-order valence-corrected chi connectivity index (χ1v) is 6.34. The molecule has 3 heteroatoms. The minimum Gasteiger partial charge on any atom is -0.461 e. The summed E-state index contributed by atoms with van der Waals surface area (Å²) >= 11 is 0. The van der Waals surface area contributed by atoms with E-state index in [9.17, 15) is 4.79 Å². The minimum atomic E-state index is -0.280. The maximum absolute atomic E-state index is 11.8. The summed E-state index contributed by atoms with van der Waals surface area (Å²) in [7, 11) is 0. The highest BCUT2D eigenvalue weighted by Gasteiger charge is 2.16. The summed E-state index contributed by atoms with van der Waals surface area (Å²) in [4.78, 5) is 14.9. The van der Waals surface area contributed by atoms with Crippen LogP contribution in [0.2, 0.25) is 0 Å². The molecule has 1 aromatic carbocycles. The highest BCUT2D eigenvalue weighted by atomic mass is 16.5. The molecule has 0 aliphatic carbocycles. The van der Waals surface area contributed by atoms with Gasteiger partial charge in [-0.1, -0.05) is 19.9 Å². The standard InChI is InChI=1S/C15H19NO2/c1-5-18-15(17)14-10(4)12-8-11(9(2)3)6-7-13(12)16-14/h6-9,16H,5H2,1-4H3. The molecule has 0 amide bonds. The van der Waals surface area contributed by atoms with Gasteiger partial charge in [-0.25, -0.2) is 4.79 Å². The number of carbonyl (C=O) groups is 1. The Labute approximate surface area is 107 Å². The van der Waals surface area contributed by atoms with Crippen LogP contribution in [0.4, 0.5) is 0 Å². The van der Waals surface area contributed by atoms with Gasteiger partial charge in [0.2, 0.25) is 0 Å². The van der Waals surface area contributed by atoms with Crippen LogP contribution >= 0.6 is 0 Å². The van der Waals surface area contributed by atoms with Crippen LogP contribution in [0.5, 0.6) is 0 Å². The van der Waals surface area contributed by atoms with E-state index >= 15 is 0 Å². The van der Waals surface area contributed by atoms with Crippen molar-refractivity contribution in [2.24, 2.45) is 0 Å². The molecule has 1 aromatic heterocycles. The van der Waals surface area contributed by atoms with Crippen LogP contribution < -0.4 is 0 Å². The first-order valence-electron chi connectivity index (χ1n) is 6.34. The first kappa shape index (κ1) is 12.7. The first-order chi connectivity index (χ1) is 8.54. The number of aromatic amines is 1. The zero-order valence-electron chi connectivity index (χ0n) is 11.3. The van der Waals surface area contributed by atoms with Crippen molar-refractivity contribution in [3.05, 3.63) is 35.0 Å². The van der Waals surface area contributed by atoms with Crippen LogP contribution in [0.3, 0.4) is 0 Å². The highest BCUT2D eigenvalue weighted by Crippen LogP contribution is 2.26. The summed E-state index contributed by atoms with van der Waals surface area (Å²) in [5, 5.41) is 1.10. The maximum atomic E-state index is 11.8. The molecule has 0 spiro atoms. The number of H-pyrrole nitrogens is 1. The van der Waals surface area contributed by atoms with Crippen LogP contribution in [-0.2, 0) is 4.74 Å². The number of rotatable bonds is 3. The number of esters is 1. The number of aromatic nitrogens is 1. The van der Waals surface area contributed by atoms with E-state index in [4.69, 9.17) is 4.74 Å². The van der Waals surface area contributed by atoms with Gasteiger partial charge in [0.25, 0.3) is 0 Å². The molecule has 3 nitrogen and oxygen atoms in total. The number of hydrogen-bond acceptors (Lipinski definition) is 2. The SMILES string of the molecule is CCOC(=O)c1[nH]c2ccc(C(C)C)cc2c1C. The Balaban J connectivity index is 2.53. The number of fused-ring (bicyclic) bond motifs is 1. The van der Waals surface area contributed by atoms with Crippen LogP contribution in [-0.4, -0.2) is 17.6 Å². The van der Waals surface area contributed by atoms with E-state index in [2.05, 4.69) is 31.0 Å². The molecule has 18 heavy (non-hydrogen) atoms. The number of aryl methyl sites for hydroxylation is 1. The third-order valence-electron chi connectivity index (χ3n) is 3.23. The predicted octanol–water partition coefficient (Wildman–Crippen LogP) is 3.78. The van der Waals surface area contributed by atoms with Crippen molar-refractivity contribution >= 4 is 16.9 Å². The Morgan fingerprint density at radius 1 is 1.39 bits per heavy atom. The average molecular weight is 245 g/mol. The molecule has 0 fully saturated rings. The van der Waals surface area contributed by atoms with Gasteiger partial charge in [-0.3, -0.25) is 0 Å². The maximum Gasteiger partial charge on any atom is 0.355 e. The van der Waals surface area contributed by atoms with Crippen LogP contribution in [0, 0.1) is 6.92 Å². The smallest absolute Gasteiger partial charge is 0.355 e. The molecule has 2 rings (SSSR count). The van der Waals surface area contributed by atoms with Gasteiger partial charge in [-0.05, 0) is 43.0 Å². The van der Waals surface area contributed by atoms with Gasteiger partial charge >= 0.3 is 5.97 Å². The monoisotopic (exact) mass is 245 g/mol. The quantitative estimate of drug-likeness (QED) is 0.836. The van der Waals surface area contributed by atoms with Gasteiger partial charge in [0, 0.05) is 10.9 Å². The average Bonchev–Trinajstić information content (AvgIpc) is 2.67. The summed E-state index contributed by atoms with van der Waals surface area (Å²) in [6.07, 6.45) is 0. The molecule has 2 aromatic rings. The molecule has 0 bridgehead atoms. The fourth-order valence-corrected chi connectivity index (χ4v) is 2.11. The Bertz CT molecular complexity index is 581. The lowest BCUT2D eigenvalue weighted by molar-refractivity contribution is 0.0520. The second-order valence-electron chi connectivity index (χ2n) is 4.81. The van der Waals surface area contributed by atoms with E-state index in [-0.39, 0.29) is 5.97 Å². The van der Waals surface area contributed by atoms with E-state index in [0.29, 0.717) is 18.2 Å². The molecule has 0 radical (unpaired) electrons. The topological polar surface area (TPSA) is 42.1 Å². The largest absolute Gasteiger partial charge is 0.461 e. The fraction of sp³-hybridized carbons (Fsp3) is 0.400. The van der Waals surface area contributed by atoms with E-state index in [1.807, 2.05) is 19.9 Å². The van der Waals surface area contributed by atoms with Crippen molar-refractivity contribution in [2.45, 2.75) is 33.6 Å².